The highest BCUT2D eigenvalue weighted by Gasteiger charge is 2.40. The lowest BCUT2D eigenvalue weighted by molar-refractivity contribution is -0.117. The van der Waals surface area contributed by atoms with Crippen LogP contribution in [0.2, 0.25) is 0 Å². The molecule has 1 N–H and O–H groups in total. The summed E-state index contributed by atoms with van der Waals surface area (Å²) in [5.74, 6) is 3.22. The first kappa shape index (κ1) is 15.9. The molecule has 4 unspecified atom stereocenters. The van der Waals surface area contributed by atoms with Crippen LogP contribution >= 0.6 is 0 Å². The van der Waals surface area contributed by atoms with E-state index >= 15 is 0 Å². The van der Waals surface area contributed by atoms with Gasteiger partial charge in [-0.2, -0.15) is 0 Å². The molecule has 3 fully saturated rings. The molecule has 2 aliphatic carbocycles. The second-order valence-electron chi connectivity index (χ2n) is 7.66. The van der Waals surface area contributed by atoms with Gasteiger partial charge in [-0.1, -0.05) is 12.5 Å². The van der Waals surface area contributed by atoms with Crippen molar-refractivity contribution >= 4 is 11.6 Å². The number of amides is 1. The van der Waals surface area contributed by atoms with Crippen LogP contribution in [0.4, 0.5) is 5.69 Å². The molecule has 24 heavy (non-hydrogen) atoms. The van der Waals surface area contributed by atoms with Crippen LogP contribution in [-0.2, 0) is 9.53 Å². The van der Waals surface area contributed by atoms with Gasteiger partial charge in [0.25, 0.3) is 0 Å². The molecule has 4 atom stereocenters. The third-order valence-electron chi connectivity index (χ3n) is 5.91. The van der Waals surface area contributed by atoms with E-state index in [1.807, 2.05) is 24.3 Å². The maximum atomic E-state index is 12.4. The van der Waals surface area contributed by atoms with Crippen LogP contribution in [0.25, 0.3) is 0 Å². The summed E-state index contributed by atoms with van der Waals surface area (Å²) in [4.78, 5) is 12.4. The Balaban J connectivity index is 1.27. The molecule has 0 spiro atoms. The van der Waals surface area contributed by atoms with Crippen LogP contribution in [0.5, 0.6) is 5.75 Å². The molecular weight excluding hydrogens is 302 g/mol. The Hall–Kier alpha value is -1.55. The van der Waals surface area contributed by atoms with Gasteiger partial charge in [0.05, 0.1) is 6.10 Å². The standard InChI is InChI=1S/C20H27NO3/c22-20(11-16-10-14-6-7-15(16)9-14)21-17-3-1-4-18(12-17)24-13-19-5-2-8-23-19/h1,3-4,12,14-16,19H,2,5-11,13H2,(H,21,22). The Morgan fingerprint density at radius 3 is 2.96 bits per heavy atom. The summed E-state index contributed by atoms with van der Waals surface area (Å²) in [5.41, 5.74) is 0.827. The molecule has 4 rings (SSSR count). The highest BCUT2D eigenvalue weighted by Crippen LogP contribution is 2.49. The van der Waals surface area contributed by atoms with Crippen molar-refractivity contribution in [3.05, 3.63) is 24.3 Å². The van der Waals surface area contributed by atoms with Gasteiger partial charge >= 0.3 is 0 Å². The fourth-order valence-electron chi connectivity index (χ4n) is 4.71. The maximum absolute atomic E-state index is 12.4. The molecule has 4 nitrogen and oxygen atoms in total. The first-order valence-corrected chi connectivity index (χ1v) is 9.40. The van der Waals surface area contributed by atoms with Gasteiger partial charge in [-0.25, -0.2) is 0 Å². The van der Waals surface area contributed by atoms with E-state index in [1.54, 1.807) is 0 Å². The Morgan fingerprint density at radius 2 is 2.21 bits per heavy atom. The monoisotopic (exact) mass is 329 g/mol. The molecule has 0 aromatic heterocycles. The van der Waals surface area contributed by atoms with Crippen molar-refractivity contribution < 1.29 is 14.3 Å². The normalized spacial score (nSPS) is 31.3. The van der Waals surface area contributed by atoms with Crippen LogP contribution < -0.4 is 10.1 Å². The Kier molecular flexibility index (Phi) is 4.74. The molecule has 1 saturated heterocycles. The molecule has 130 valence electrons. The van der Waals surface area contributed by atoms with Gasteiger partial charge in [-0.15, -0.1) is 0 Å². The number of hydrogen-bond donors (Lipinski definition) is 1. The molecule has 1 aromatic carbocycles. The highest BCUT2D eigenvalue weighted by atomic mass is 16.5. The molecule has 0 radical (unpaired) electrons. The van der Waals surface area contributed by atoms with Gasteiger partial charge < -0.3 is 14.8 Å². The smallest absolute Gasteiger partial charge is 0.224 e. The van der Waals surface area contributed by atoms with Gasteiger partial charge in [-0.05, 0) is 62.0 Å². The number of hydrogen-bond acceptors (Lipinski definition) is 3. The van der Waals surface area contributed by atoms with Crippen LogP contribution in [0.15, 0.2) is 24.3 Å². The maximum Gasteiger partial charge on any atom is 0.224 e. The quantitative estimate of drug-likeness (QED) is 0.858. The molecule has 1 amide bonds. The van der Waals surface area contributed by atoms with E-state index in [0.29, 0.717) is 18.9 Å². The average Bonchev–Trinajstić information content (AvgIpc) is 3.31. The second kappa shape index (κ2) is 7.14. The third-order valence-corrected chi connectivity index (χ3v) is 5.91. The highest BCUT2D eigenvalue weighted by molar-refractivity contribution is 5.91. The topological polar surface area (TPSA) is 47.6 Å². The molecule has 2 bridgehead atoms. The fourth-order valence-corrected chi connectivity index (χ4v) is 4.71. The zero-order valence-electron chi connectivity index (χ0n) is 14.2. The lowest BCUT2D eigenvalue weighted by Gasteiger charge is -2.21. The number of rotatable bonds is 6. The zero-order valence-corrected chi connectivity index (χ0v) is 14.2. The summed E-state index contributed by atoms with van der Waals surface area (Å²) < 4.78 is 11.4. The number of fused-ring (bicyclic) bond motifs is 2. The predicted molar refractivity (Wildman–Crippen MR) is 93.1 cm³/mol. The summed E-state index contributed by atoms with van der Waals surface area (Å²) in [6.07, 6.45) is 8.38. The number of nitrogens with one attached hydrogen (secondary N) is 1. The Morgan fingerprint density at radius 1 is 1.25 bits per heavy atom. The van der Waals surface area contributed by atoms with Gasteiger partial charge in [0.15, 0.2) is 0 Å². The molecule has 2 saturated carbocycles. The van der Waals surface area contributed by atoms with Crippen molar-refractivity contribution in [1.82, 2.24) is 0 Å². The summed E-state index contributed by atoms with van der Waals surface area (Å²) in [6, 6.07) is 7.70. The van der Waals surface area contributed by atoms with Crippen molar-refractivity contribution in [2.75, 3.05) is 18.5 Å². The summed E-state index contributed by atoms with van der Waals surface area (Å²) in [7, 11) is 0. The predicted octanol–water partition coefficient (Wildman–Crippen LogP) is 4.01. The number of anilines is 1. The number of carbonyl (C=O) groups is 1. The van der Waals surface area contributed by atoms with Crippen molar-refractivity contribution in [2.24, 2.45) is 17.8 Å². The number of carbonyl (C=O) groups excluding carboxylic acids is 1. The fraction of sp³-hybridized carbons (Fsp3) is 0.650. The molecule has 1 heterocycles. The van der Waals surface area contributed by atoms with Crippen molar-refractivity contribution in [1.29, 1.82) is 0 Å². The largest absolute Gasteiger partial charge is 0.491 e. The van der Waals surface area contributed by atoms with Gasteiger partial charge in [0.1, 0.15) is 12.4 Å². The first-order valence-electron chi connectivity index (χ1n) is 9.40. The summed E-state index contributed by atoms with van der Waals surface area (Å²) in [6.45, 7) is 1.43. The van der Waals surface area contributed by atoms with Crippen LogP contribution in [0.1, 0.15) is 44.9 Å². The summed E-state index contributed by atoms with van der Waals surface area (Å²) in [5, 5.41) is 3.05. The Bertz CT molecular complexity index is 582. The van der Waals surface area contributed by atoms with Gasteiger partial charge in [0, 0.05) is 24.8 Å². The van der Waals surface area contributed by atoms with E-state index in [9.17, 15) is 4.79 Å². The Labute approximate surface area is 143 Å². The van der Waals surface area contributed by atoms with Crippen molar-refractivity contribution in [2.45, 2.75) is 51.0 Å². The van der Waals surface area contributed by atoms with Crippen molar-refractivity contribution in [3.63, 3.8) is 0 Å². The van der Waals surface area contributed by atoms with E-state index in [0.717, 1.165) is 42.7 Å². The van der Waals surface area contributed by atoms with Crippen LogP contribution in [0, 0.1) is 17.8 Å². The minimum atomic E-state index is 0.142. The molecular formula is C20H27NO3. The zero-order chi connectivity index (χ0) is 16.4. The molecule has 3 aliphatic rings. The number of benzene rings is 1. The lowest BCUT2D eigenvalue weighted by Crippen LogP contribution is -2.20. The van der Waals surface area contributed by atoms with Gasteiger partial charge in [0.2, 0.25) is 5.91 Å². The minimum absolute atomic E-state index is 0.142. The SMILES string of the molecule is O=C(CC1CC2CCC1C2)Nc1cccc(OCC2CCCO2)c1. The second-order valence-corrected chi connectivity index (χ2v) is 7.66. The van der Waals surface area contributed by atoms with Gasteiger partial charge in [-0.3, -0.25) is 4.79 Å². The molecule has 4 heteroatoms. The van der Waals surface area contributed by atoms with E-state index in [2.05, 4.69) is 5.32 Å². The minimum Gasteiger partial charge on any atom is -0.491 e. The lowest BCUT2D eigenvalue weighted by atomic mass is 9.86. The van der Waals surface area contributed by atoms with E-state index in [4.69, 9.17) is 9.47 Å². The third kappa shape index (κ3) is 3.75. The van der Waals surface area contributed by atoms with Crippen molar-refractivity contribution in [3.8, 4) is 5.75 Å². The average molecular weight is 329 g/mol. The molecule has 1 aromatic rings. The summed E-state index contributed by atoms with van der Waals surface area (Å²) >= 11 is 0. The van der Waals surface area contributed by atoms with E-state index < -0.39 is 0 Å². The number of ether oxygens (including phenoxy) is 2. The van der Waals surface area contributed by atoms with Crippen LogP contribution in [0.3, 0.4) is 0 Å². The van der Waals surface area contributed by atoms with E-state index in [1.165, 1.54) is 25.7 Å². The van der Waals surface area contributed by atoms with E-state index in [-0.39, 0.29) is 12.0 Å². The first-order chi connectivity index (χ1) is 11.8. The molecule has 1 aliphatic heterocycles. The van der Waals surface area contributed by atoms with Crippen LogP contribution in [-0.4, -0.2) is 25.2 Å².